The predicted octanol–water partition coefficient (Wildman–Crippen LogP) is 3.29. The minimum atomic E-state index is -0.921. The Labute approximate surface area is 155 Å². The van der Waals surface area contributed by atoms with Gasteiger partial charge in [-0.15, -0.1) is 5.10 Å². The summed E-state index contributed by atoms with van der Waals surface area (Å²) in [6.45, 7) is 1.69. The van der Waals surface area contributed by atoms with Gasteiger partial charge in [-0.1, -0.05) is 48.5 Å². The summed E-state index contributed by atoms with van der Waals surface area (Å²) in [4.78, 5) is 16.2. The van der Waals surface area contributed by atoms with E-state index >= 15 is 0 Å². The minimum Gasteiger partial charge on any atom is -0.503 e. The number of benzene rings is 2. The van der Waals surface area contributed by atoms with E-state index in [1.54, 1.807) is 17.7 Å². The number of para-hydroxylation sites is 1. The van der Waals surface area contributed by atoms with E-state index in [1.807, 2.05) is 60.7 Å². The van der Waals surface area contributed by atoms with Crippen LogP contribution < -0.4 is 0 Å². The molecule has 27 heavy (non-hydrogen) atoms. The monoisotopic (exact) mass is 360 g/mol. The van der Waals surface area contributed by atoms with Crippen molar-refractivity contribution in [2.24, 2.45) is 0 Å². The Morgan fingerprint density at radius 2 is 1.78 bits per heavy atom. The van der Waals surface area contributed by atoms with Crippen LogP contribution in [0.4, 0.5) is 0 Å². The Morgan fingerprint density at radius 3 is 2.37 bits per heavy atom. The van der Waals surface area contributed by atoms with Crippen LogP contribution in [0.15, 0.2) is 66.2 Å². The van der Waals surface area contributed by atoms with Gasteiger partial charge in [-0.2, -0.15) is 5.26 Å². The van der Waals surface area contributed by atoms with E-state index in [-0.39, 0.29) is 12.4 Å². The number of hydrogen-bond acceptors (Lipinski definition) is 6. The second-order valence-electron chi connectivity index (χ2n) is 5.43. The lowest BCUT2D eigenvalue weighted by atomic mass is 10.2. The number of hydrogen-bond donors (Lipinski definition) is 1. The van der Waals surface area contributed by atoms with Crippen molar-refractivity contribution in [2.45, 2.75) is 6.92 Å². The first-order chi connectivity index (χ1) is 13.2. The Balaban J connectivity index is 2.18. The molecule has 1 heterocycles. The molecule has 0 aliphatic heterocycles. The van der Waals surface area contributed by atoms with Crippen LogP contribution in [0.25, 0.3) is 22.8 Å². The zero-order valence-electron chi connectivity index (χ0n) is 14.5. The number of ether oxygens (including phenoxy) is 1. The highest BCUT2D eigenvalue weighted by Crippen LogP contribution is 2.24. The third kappa shape index (κ3) is 3.70. The molecule has 7 heteroatoms. The maximum absolute atomic E-state index is 11.9. The number of aliphatic hydroxyl groups excluding tert-OH is 1. The van der Waals surface area contributed by atoms with Crippen molar-refractivity contribution < 1.29 is 14.6 Å². The molecular formula is C20H16N4O3. The largest absolute Gasteiger partial charge is 0.503 e. The quantitative estimate of drug-likeness (QED) is 0.324. The Bertz CT molecular complexity index is 961. The first-order valence-corrected chi connectivity index (χ1v) is 8.24. The van der Waals surface area contributed by atoms with Crippen LogP contribution in [0.2, 0.25) is 0 Å². The van der Waals surface area contributed by atoms with Crippen molar-refractivity contribution in [3.8, 4) is 23.1 Å². The van der Waals surface area contributed by atoms with Gasteiger partial charge in [0.1, 0.15) is 6.07 Å². The molecule has 0 aliphatic rings. The lowest BCUT2D eigenvalue weighted by molar-refractivity contribution is -0.138. The fourth-order valence-corrected chi connectivity index (χ4v) is 2.45. The van der Waals surface area contributed by atoms with Gasteiger partial charge in [0.25, 0.3) is 0 Å². The van der Waals surface area contributed by atoms with Gasteiger partial charge in [0.15, 0.2) is 17.2 Å². The van der Waals surface area contributed by atoms with Gasteiger partial charge in [0, 0.05) is 5.56 Å². The molecule has 0 aliphatic carbocycles. The van der Waals surface area contributed by atoms with E-state index in [2.05, 4.69) is 10.1 Å². The first kappa shape index (κ1) is 17.9. The molecule has 1 N–H and O–H groups in total. The van der Waals surface area contributed by atoms with Gasteiger partial charge in [-0.25, -0.2) is 14.5 Å². The van der Waals surface area contributed by atoms with Gasteiger partial charge in [0.05, 0.1) is 12.3 Å². The molecule has 0 radical (unpaired) electrons. The Kier molecular flexibility index (Phi) is 5.28. The van der Waals surface area contributed by atoms with E-state index in [1.165, 1.54) is 0 Å². The summed E-state index contributed by atoms with van der Waals surface area (Å²) < 4.78 is 6.34. The van der Waals surface area contributed by atoms with Gasteiger partial charge in [-0.05, 0) is 19.1 Å². The number of esters is 1. The average molecular weight is 360 g/mol. The van der Waals surface area contributed by atoms with Crippen LogP contribution in [-0.4, -0.2) is 32.4 Å². The van der Waals surface area contributed by atoms with Crippen molar-refractivity contribution in [2.75, 3.05) is 6.61 Å². The molecule has 1 aromatic heterocycles. The van der Waals surface area contributed by atoms with Crippen LogP contribution in [-0.2, 0) is 9.53 Å². The van der Waals surface area contributed by atoms with Crippen molar-refractivity contribution in [3.63, 3.8) is 0 Å². The maximum Gasteiger partial charge on any atom is 0.352 e. The van der Waals surface area contributed by atoms with Crippen LogP contribution in [0.1, 0.15) is 12.7 Å². The van der Waals surface area contributed by atoms with E-state index in [4.69, 9.17) is 4.74 Å². The molecule has 2 aromatic carbocycles. The highest BCUT2D eigenvalue weighted by molar-refractivity contribution is 5.99. The molecule has 0 atom stereocenters. The lowest BCUT2D eigenvalue weighted by Gasteiger charge is -2.05. The highest BCUT2D eigenvalue weighted by Gasteiger charge is 2.23. The highest BCUT2D eigenvalue weighted by atomic mass is 16.5. The molecule has 7 nitrogen and oxygen atoms in total. The zero-order chi connectivity index (χ0) is 19.2. The van der Waals surface area contributed by atoms with Crippen LogP contribution in [0, 0.1) is 11.3 Å². The first-order valence-electron chi connectivity index (χ1n) is 8.24. The van der Waals surface area contributed by atoms with Gasteiger partial charge in [-0.3, -0.25) is 0 Å². The Hall–Kier alpha value is -3.92. The van der Waals surface area contributed by atoms with Crippen molar-refractivity contribution in [1.29, 1.82) is 5.26 Å². The van der Waals surface area contributed by atoms with Crippen LogP contribution in [0.3, 0.4) is 0 Å². The molecule has 0 spiro atoms. The smallest absolute Gasteiger partial charge is 0.352 e. The summed E-state index contributed by atoms with van der Waals surface area (Å²) in [7, 11) is 0. The Morgan fingerprint density at radius 1 is 1.15 bits per heavy atom. The van der Waals surface area contributed by atoms with Crippen LogP contribution in [0.5, 0.6) is 0 Å². The van der Waals surface area contributed by atoms with Crippen LogP contribution >= 0.6 is 0 Å². The predicted molar refractivity (Wildman–Crippen MR) is 98.6 cm³/mol. The molecule has 3 rings (SSSR count). The van der Waals surface area contributed by atoms with E-state index < -0.39 is 17.3 Å². The fraction of sp³-hybridized carbons (Fsp3) is 0.100. The summed E-state index contributed by atoms with van der Waals surface area (Å²) >= 11 is 0. The number of carbonyl (C=O) groups is 1. The number of aromatic nitrogens is 3. The molecule has 0 saturated carbocycles. The van der Waals surface area contributed by atoms with E-state index in [0.29, 0.717) is 5.82 Å². The second kappa shape index (κ2) is 7.97. The number of rotatable bonds is 5. The number of nitrogens with zero attached hydrogens (tertiary/aromatic N) is 4. The summed E-state index contributed by atoms with van der Waals surface area (Å²) in [5.41, 5.74) is 0.946. The summed E-state index contributed by atoms with van der Waals surface area (Å²) in [6, 6.07) is 20.2. The minimum absolute atomic E-state index is 0.0818. The molecule has 0 saturated heterocycles. The summed E-state index contributed by atoms with van der Waals surface area (Å²) in [5, 5.41) is 24.0. The third-order valence-electron chi connectivity index (χ3n) is 3.68. The van der Waals surface area contributed by atoms with Crippen molar-refractivity contribution in [1.82, 2.24) is 14.8 Å². The molecule has 0 bridgehead atoms. The molecular weight excluding hydrogens is 344 g/mol. The maximum atomic E-state index is 11.9. The number of carbonyl (C=O) groups excluding carboxylic acids is 1. The molecule has 0 amide bonds. The van der Waals surface area contributed by atoms with Gasteiger partial charge in [0.2, 0.25) is 5.82 Å². The number of nitriles is 1. The summed E-state index contributed by atoms with van der Waals surface area (Å²) in [5.74, 6) is -1.22. The zero-order valence-corrected chi connectivity index (χ0v) is 14.5. The molecule has 134 valence electrons. The van der Waals surface area contributed by atoms with Crippen molar-refractivity contribution in [3.05, 3.63) is 72.1 Å². The lowest BCUT2D eigenvalue weighted by Crippen LogP contribution is -2.09. The summed E-state index contributed by atoms with van der Waals surface area (Å²) in [6.07, 6.45) is 0. The fourth-order valence-electron chi connectivity index (χ4n) is 2.45. The topological polar surface area (TPSA) is 101 Å². The van der Waals surface area contributed by atoms with E-state index in [0.717, 1.165) is 11.3 Å². The van der Waals surface area contributed by atoms with Gasteiger partial charge < -0.3 is 9.84 Å². The number of aliphatic hydroxyl groups is 1. The van der Waals surface area contributed by atoms with Crippen molar-refractivity contribution >= 4 is 11.7 Å². The normalized spacial score (nSPS) is 11.4. The third-order valence-corrected chi connectivity index (χ3v) is 3.68. The second-order valence-corrected chi connectivity index (χ2v) is 5.43. The molecule has 0 unspecified atom stereocenters. The van der Waals surface area contributed by atoms with Gasteiger partial charge >= 0.3 is 5.97 Å². The molecule has 0 fully saturated rings. The average Bonchev–Trinajstić information content (AvgIpc) is 3.15. The molecule has 3 aromatic rings. The van der Waals surface area contributed by atoms with E-state index in [9.17, 15) is 15.2 Å². The SMILES string of the molecule is CCOC(=O)/C(C#N)=C(/O)c1nc(-c2ccccc2)n(-c2ccccc2)n1. The standard InChI is InChI=1S/C20H16N4O3/c1-2-27-20(26)16(13-21)17(25)18-22-19(14-9-5-3-6-10-14)24(23-18)15-11-7-4-8-12-15/h3-12,25H,2H2,1H3/b17-16+.